The number of nitriles is 1. The van der Waals surface area contributed by atoms with Gasteiger partial charge in [-0.1, -0.05) is 37.3 Å². The van der Waals surface area contributed by atoms with Crippen molar-refractivity contribution in [2.75, 3.05) is 0 Å². The van der Waals surface area contributed by atoms with Crippen molar-refractivity contribution in [1.29, 1.82) is 5.26 Å². The van der Waals surface area contributed by atoms with E-state index >= 15 is 0 Å². The van der Waals surface area contributed by atoms with Crippen molar-refractivity contribution in [3.63, 3.8) is 0 Å². The van der Waals surface area contributed by atoms with Gasteiger partial charge in [0.1, 0.15) is 0 Å². The summed E-state index contributed by atoms with van der Waals surface area (Å²) in [6.45, 7) is 2.20. The fourth-order valence-corrected chi connectivity index (χ4v) is 1.81. The van der Waals surface area contributed by atoms with Gasteiger partial charge in [0.05, 0.1) is 11.6 Å². The normalized spacial score (nSPS) is 20.0. The Kier molecular flexibility index (Phi) is 1.90. The van der Waals surface area contributed by atoms with Gasteiger partial charge in [0.25, 0.3) is 0 Å². The van der Waals surface area contributed by atoms with Crippen LogP contribution in [0.3, 0.4) is 0 Å². The summed E-state index contributed by atoms with van der Waals surface area (Å²) in [4.78, 5) is 0. The van der Waals surface area contributed by atoms with E-state index in [9.17, 15) is 0 Å². The molecule has 1 heteroatoms. The number of fused-ring (bicyclic) bond motifs is 1. The van der Waals surface area contributed by atoms with Gasteiger partial charge < -0.3 is 0 Å². The maximum Gasteiger partial charge on any atom is 0.0994 e. The van der Waals surface area contributed by atoms with E-state index in [1.807, 2.05) is 24.3 Å². The average molecular weight is 169 g/mol. The van der Waals surface area contributed by atoms with Crippen molar-refractivity contribution in [3.05, 3.63) is 41.5 Å². The fourth-order valence-electron chi connectivity index (χ4n) is 1.81. The molecule has 0 heterocycles. The second-order valence-electron chi connectivity index (χ2n) is 3.45. The number of benzene rings is 1. The Hall–Kier alpha value is -1.55. The van der Waals surface area contributed by atoms with Crippen LogP contribution in [0.25, 0.3) is 5.57 Å². The van der Waals surface area contributed by atoms with Gasteiger partial charge in [-0.2, -0.15) is 5.26 Å². The number of nitrogens with zero attached hydrogens (tertiary/aromatic N) is 1. The fraction of sp³-hybridized carbons (Fsp3) is 0.250. The Balaban J connectivity index is 2.60. The molecule has 0 radical (unpaired) electrons. The molecule has 0 N–H and O–H groups in total. The van der Waals surface area contributed by atoms with Gasteiger partial charge in [0.2, 0.25) is 0 Å². The molecule has 1 aromatic rings. The molecule has 0 saturated heterocycles. The third-order valence-electron chi connectivity index (χ3n) is 2.58. The molecule has 13 heavy (non-hydrogen) atoms. The third-order valence-corrected chi connectivity index (χ3v) is 2.58. The van der Waals surface area contributed by atoms with E-state index < -0.39 is 0 Å². The molecule has 0 saturated carbocycles. The molecule has 64 valence electrons. The molecule has 0 bridgehead atoms. The zero-order valence-electron chi connectivity index (χ0n) is 7.62. The number of hydrogen-bond donors (Lipinski definition) is 0. The summed E-state index contributed by atoms with van der Waals surface area (Å²) in [6, 6.07) is 10.4. The summed E-state index contributed by atoms with van der Waals surface area (Å²) in [6.07, 6.45) is 3.02. The minimum Gasteiger partial charge on any atom is -0.192 e. The summed E-state index contributed by atoms with van der Waals surface area (Å²) < 4.78 is 0. The molecule has 0 spiro atoms. The van der Waals surface area contributed by atoms with Crippen molar-refractivity contribution in [1.82, 2.24) is 0 Å². The van der Waals surface area contributed by atoms with Crippen LogP contribution in [0.4, 0.5) is 0 Å². The van der Waals surface area contributed by atoms with Crippen LogP contribution in [-0.2, 0) is 0 Å². The van der Waals surface area contributed by atoms with Gasteiger partial charge >= 0.3 is 0 Å². The first-order valence-electron chi connectivity index (χ1n) is 4.52. The van der Waals surface area contributed by atoms with Crippen LogP contribution in [-0.4, -0.2) is 0 Å². The summed E-state index contributed by atoms with van der Waals surface area (Å²) in [5.74, 6) is 0.549. The lowest BCUT2D eigenvalue weighted by Gasteiger charge is -2.19. The van der Waals surface area contributed by atoms with Gasteiger partial charge in [-0.25, -0.2) is 0 Å². The lowest BCUT2D eigenvalue weighted by atomic mass is 9.84. The molecule has 1 aliphatic carbocycles. The third kappa shape index (κ3) is 1.25. The first kappa shape index (κ1) is 8.07. The zero-order valence-corrected chi connectivity index (χ0v) is 7.62. The largest absolute Gasteiger partial charge is 0.192 e. The van der Waals surface area contributed by atoms with Gasteiger partial charge in [-0.05, 0) is 23.5 Å². The van der Waals surface area contributed by atoms with Crippen molar-refractivity contribution in [2.24, 2.45) is 0 Å². The maximum absolute atomic E-state index is 8.91. The van der Waals surface area contributed by atoms with E-state index in [0.717, 1.165) is 17.6 Å². The Morgan fingerprint density at radius 2 is 2.15 bits per heavy atom. The predicted molar refractivity (Wildman–Crippen MR) is 53.1 cm³/mol. The molecular weight excluding hydrogens is 158 g/mol. The molecule has 2 rings (SSSR count). The van der Waals surface area contributed by atoms with Crippen LogP contribution < -0.4 is 0 Å². The molecule has 1 atom stereocenters. The van der Waals surface area contributed by atoms with Gasteiger partial charge in [0.15, 0.2) is 0 Å². The molecule has 1 aromatic carbocycles. The maximum atomic E-state index is 8.91. The van der Waals surface area contributed by atoms with E-state index in [0.29, 0.717) is 5.92 Å². The first-order valence-corrected chi connectivity index (χ1v) is 4.52. The second kappa shape index (κ2) is 3.06. The van der Waals surface area contributed by atoms with E-state index in [1.54, 1.807) is 0 Å². The Morgan fingerprint density at radius 1 is 1.38 bits per heavy atom. The highest BCUT2D eigenvalue weighted by Gasteiger charge is 2.16. The van der Waals surface area contributed by atoms with Gasteiger partial charge in [0, 0.05) is 0 Å². The van der Waals surface area contributed by atoms with Crippen LogP contribution in [0.1, 0.15) is 30.4 Å². The molecule has 1 nitrogen and oxygen atoms in total. The molecule has 0 amide bonds. The minimum atomic E-state index is 0.549. The Labute approximate surface area is 78.3 Å². The quantitative estimate of drug-likeness (QED) is 0.585. The van der Waals surface area contributed by atoms with Gasteiger partial charge in [-0.15, -0.1) is 0 Å². The minimum absolute atomic E-state index is 0.549. The molecule has 0 aliphatic heterocycles. The molecule has 0 fully saturated rings. The molecule has 1 aliphatic rings. The van der Waals surface area contributed by atoms with Gasteiger partial charge in [-0.3, -0.25) is 0 Å². The molecule has 0 aromatic heterocycles. The topological polar surface area (TPSA) is 23.8 Å². The van der Waals surface area contributed by atoms with Crippen LogP contribution in [0.2, 0.25) is 0 Å². The van der Waals surface area contributed by atoms with E-state index in [1.165, 1.54) is 5.56 Å². The van der Waals surface area contributed by atoms with Crippen molar-refractivity contribution in [3.8, 4) is 6.07 Å². The smallest absolute Gasteiger partial charge is 0.0994 e. The highest BCUT2D eigenvalue weighted by molar-refractivity contribution is 5.80. The summed E-state index contributed by atoms with van der Waals surface area (Å²) >= 11 is 0. The number of rotatable bonds is 0. The van der Waals surface area contributed by atoms with Crippen molar-refractivity contribution < 1.29 is 0 Å². The number of hydrogen-bond acceptors (Lipinski definition) is 1. The van der Waals surface area contributed by atoms with Crippen LogP contribution in [0.5, 0.6) is 0 Å². The summed E-state index contributed by atoms with van der Waals surface area (Å²) in [5, 5.41) is 8.91. The second-order valence-corrected chi connectivity index (χ2v) is 3.45. The average Bonchev–Trinajstić information content (AvgIpc) is 2.19. The van der Waals surface area contributed by atoms with E-state index in [-0.39, 0.29) is 0 Å². The van der Waals surface area contributed by atoms with Crippen molar-refractivity contribution >= 4 is 5.57 Å². The standard InChI is InChI=1S/C12H11N/c1-9-6-7-10(8-13)12-5-3-2-4-11(9)12/h2-5,7,9H,6H2,1H3. The summed E-state index contributed by atoms with van der Waals surface area (Å²) in [7, 11) is 0. The lowest BCUT2D eigenvalue weighted by Crippen LogP contribution is -2.02. The monoisotopic (exact) mass is 169 g/mol. The Morgan fingerprint density at radius 3 is 2.92 bits per heavy atom. The van der Waals surface area contributed by atoms with Crippen LogP contribution >= 0.6 is 0 Å². The molecule has 1 unspecified atom stereocenters. The highest BCUT2D eigenvalue weighted by atomic mass is 14.3. The van der Waals surface area contributed by atoms with Crippen LogP contribution in [0, 0.1) is 11.3 Å². The number of allylic oxidation sites excluding steroid dienone is 2. The predicted octanol–water partition coefficient (Wildman–Crippen LogP) is 3.10. The summed E-state index contributed by atoms with van der Waals surface area (Å²) in [5.41, 5.74) is 3.25. The highest BCUT2D eigenvalue weighted by Crippen LogP contribution is 2.33. The molecular formula is C12H11N. The van der Waals surface area contributed by atoms with E-state index in [2.05, 4.69) is 19.1 Å². The van der Waals surface area contributed by atoms with E-state index in [4.69, 9.17) is 5.26 Å². The van der Waals surface area contributed by atoms with Crippen LogP contribution in [0.15, 0.2) is 30.3 Å². The SMILES string of the molecule is CC1CC=C(C#N)c2ccccc21. The zero-order chi connectivity index (χ0) is 9.26. The Bertz CT molecular complexity index is 396. The van der Waals surface area contributed by atoms with Crippen molar-refractivity contribution in [2.45, 2.75) is 19.3 Å². The first-order chi connectivity index (χ1) is 6.33. The lowest BCUT2D eigenvalue weighted by molar-refractivity contribution is 0.769.